The molecule has 5 atom stereocenters. The van der Waals surface area contributed by atoms with E-state index in [4.69, 9.17) is 10.6 Å². The van der Waals surface area contributed by atoms with Crippen LogP contribution in [0, 0.1) is 0 Å². The molecule has 3 fully saturated rings. The number of aliphatic hydroxyl groups excluding tert-OH is 1. The zero-order valence-corrected chi connectivity index (χ0v) is 15.8. The molecule has 11 heteroatoms. The molecule has 0 spiro atoms. The van der Waals surface area contributed by atoms with E-state index >= 15 is 0 Å². The van der Waals surface area contributed by atoms with Crippen LogP contribution in [0.25, 0.3) is 0 Å². The Labute approximate surface area is 162 Å². The van der Waals surface area contributed by atoms with E-state index in [2.05, 4.69) is 10.8 Å². The lowest BCUT2D eigenvalue weighted by atomic mass is 10.1. The van der Waals surface area contributed by atoms with Crippen molar-refractivity contribution in [1.82, 2.24) is 20.6 Å². The van der Waals surface area contributed by atoms with Gasteiger partial charge in [-0.3, -0.25) is 28.9 Å². The summed E-state index contributed by atoms with van der Waals surface area (Å²) in [5.74, 6) is -1.82. The second kappa shape index (κ2) is 8.41. The molecule has 0 saturated carbocycles. The van der Waals surface area contributed by atoms with Gasteiger partial charge < -0.3 is 21.1 Å². The summed E-state index contributed by atoms with van der Waals surface area (Å²) in [6.07, 6.45) is 1.35. The summed E-state index contributed by atoms with van der Waals surface area (Å²) in [5, 5.41) is 12.1. The Morgan fingerprint density at radius 2 is 1.93 bits per heavy atom. The van der Waals surface area contributed by atoms with Gasteiger partial charge in [0, 0.05) is 6.54 Å². The number of aliphatic hydroxyl groups is 1. The van der Waals surface area contributed by atoms with Gasteiger partial charge in [-0.1, -0.05) is 0 Å². The van der Waals surface area contributed by atoms with Crippen LogP contribution in [0.1, 0.15) is 32.6 Å². The number of hydroxylamine groups is 1. The fourth-order valence-corrected chi connectivity index (χ4v) is 4.18. The van der Waals surface area contributed by atoms with Crippen LogP contribution in [0.3, 0.4) is 0 Å². The molecule has 0 aliphatic carbocycles. The second-order valence-electron chi connectivity index (χ2n) is 7.51. The Morgan fingerprint density at radius 3 is 2.54 bits per heavy atom. The zero-order chi connectivity index (χ0) is 20.4. The van der Waals surface area contributed by atoms with E-state index < -0.39 is 42.1 Å². The molecule has 0 radical (unpaired) electrons. The highest BCUT2D eigenvalue weighted by Crippen LogP contribution is 2.27. The van der Waals surface area contributed by atoms with Crippen LogP contribution in [0.5, 0.6) is 0 Å². The fourth-order valence-electron chi connectivity index (χ4n) is 4.18. The molecule has 156 valence electrons. The lowest BCUT2D eigenvalue weighted by Crippen LogP contribution is -2.58. The van der Waals surface area contributed by atoms with Gasteiger partial charge in [0.1, 0.15) is 18.1 Å². The lowest BCUT2D eigenvalue weighted by molar-refractivity contribution is -0.144. The van der Waals surface area contributed by atoms with Gasteiger partial charge in [0.05, 0.1) is 18.8 Å². The monoisotopic (exact) mass is 397 g/mol. The predicted molar refractivity (Wildman–Crippen MR) is 95.2 cm³/mol. The number of primary amides is 1. The normalized spacial score (nSPS) is 30.1. The quantitative estimate of drug-likeness (QED) is 0.378. The van der Waals surface area contributed by atoms with Crippen LogP contribution in [-0.4, -0.2) is 88.5 Å². The summed E-state index contributed by atoms with van der Waals surface area (Å²) >= 11 is 0. The van der Waals surface area contributed by atoms with Crippen molar-refractivity contribution < 1.29 is 29.1 Å². The summed E-state index contributed by atoms with van der Waals surface area (Å²) < 4.78 is 0. The minimum Gasteiger partial charge on any atom is -0.391 e. The number of carbonyl (C=O) groups excluding carboxylic acids is 4. The number of rotatable bonds is 6. The number of hydrogen-bond acceptors (Lipinski definition) is 7. The van der Waals surface area contributed by atoms with E-state index in [1.807, 2.05) is 4.90 Å². The van der Waals surface area contributed by atoms with Crippen LogP contribution in [0.15, 0.2) is 0 Å². The van der Waals surface area contributed by atoms with E-state index in [0.717, 1.165) is 6.42 Å². The van der Waals surface area contributed by atoms with Gasteiger partial charge in [-0.05, 0) is 39.2 Å². The molecule has 3 aliphatic rings. The van der Waals surface area contributed by atoms with Crippen molar-refractivity contribution in [2.75, 3.05) is 19.7 Å². The molecule has 28 heavy (non-hydrogen) atoms. The van der Waals surface area contributed by atoms with Gasteiger partial charge in [-0.25, -0.2) is 5.48 Å². The van der Waals surface area contributed by atoms with E-state index in [9.17, 15) is 24.3 Å². The second-order valence-corrected chi connectivity index (χ2v) is 7.51. The minimum absolute atomic E-state index is 0.182. The van der Waals surface area contributed by atoms with Gasteiger partial charge >= 0.3 is 0 Å². The largest absolute Gasteiger partial charge is 0.391 e. The SMILES string of the molecule is C[C@@H](O)[C@H](NC(=O)C1CCCN1C(=O)[C@@H]1CCCN1[C@H]1CONC1=O)C(N)=O. The van der Waals surface area contributed by atoms with Crippen molar-refractivity contribution in [3.05, 3.63) is 0 Å². The Balaban J connectivity index is 1.69. The highest BCUT2D eigenvalue weighted by atomic mass is 16.7. The highest BCUT2D eigenvalue weighted by molar-refractivity contribution is 5.93. The topological polar surface area (TPSA) is 154 Å². The number of amides is 4. The Bertz CT molecular complexity index is 656. The smallest absolute Gasteiger partial charge is 0.263 e. The number of hydrogen-bond donors (Lipinski definition) is 4. The van der Waals surface area contributed by atoms with Crippen LogP contribution < -0.4 is 16.5 Å². The van der Waals surface area contributed by atoms with Gasteiger partial charge in [-0.15, -0.1) is 0 Å². The fraction of sp³-hybridized carbons (Fsp3) is 0.765. The Kier molecular flexibility index (Phi) is 6.16. The van der Waals surface area contributed by atoms with Crippen LogP contribution in [0.2, 0.25) is 0 Å². The van der Waals surface area contributed by atoms with Crippen molar-refractivity contribution in [2.45, 2.75) is 62.9 Å². The molecule has 0 aromatic carbocycles. The maximum atomic E-state index is 13.2. The molecule has 0 aromatic rings. The number of nitrogens with one attached hydrogen (secondary N) is 2. The van der Waals surface area contributed by atoms with Crippen LogP contribution >= 0.6 is 0 Å². The maximum Gasteiger partial charge on any atom is 0.263 e. The molecule has 1 unspecified atom stereocenters. The molecule has 3 aliphatic heterocycles. The van der Waals surface area contributed by atoms with Crippen molar-refractivity contribution in [2.24, 2.45) is 5.73 Å². The molecule has 3 heterocycles. The van der Waals surface area contributed by atoms with E-state index in [-0.39, 0.29) is 18.4 Å². The van der Waals surface area contributed by atoms with Crippen molar-refractivity contribution in [3.8, 4) is 0 Å². The molecule has 0 bridgehead atoms. The number of carbonyl (C=O) groups is 4. The first-order chi connectivity index (χ1) is 13.3. The van der Waals surface area contributed by atoms with Crippen molar-refractivity contribution >= 4 is 23.6 Å². The molecule has 0 aromatic heterocycles. The van der Waals surface area contributed by atoms with Gasteiger partial charge in [0.2, 0.25) is 17.7 Å². The minimum atomic E-state index is -1.22. The molecule has 11 nitrogen and oxygen atoms in total. The van der Waals surface area contributed by atoms with E-state index in [0.29, 0.717) is 32.4 Å². The zero-order valence-electron chi connectivity index (χ0n) is 15.8. The lowest BCUT2D eigenvalue weighted by Gasteiger charge is -2.33. The number of likely N-dealkylation sites (tertiary alicyclic amines) is 2. The van der Waals surface area contributed by atoms with Crippen LogP contribution in [0.4, 0.5) is 0 Å². The maximum absolute atomic E-state index is 13.2. The first-order valence-electron chi connectivity index (χ1n) is 9.57. The number of nitrogens with zero attached hydrogens (tertiary/aromatic N) is 2. The first kappa shape index (κ1) is 20.5. The summed E-state index contributed by atoms with van der Waals surface area (Å²) in [7, 11) is 0. The molecule has 3 saturated heterocycles. The molecular weight excluding hydrogens is 370 g/mol. The third-order valence-electron chi connectivity index (χ3n) is 5.62. The Morgan fingerprint density at radius 1 is 1.25 bits per heavy atom. The predicted octanol–water partition coefficient (Wildman–Crippen LogP) is -2.78. The van der Waals surface area contributed by atoms with Crippen molar-refractivity contribution in [3.63, 3.8) is 0 Å². The average molecular weight is 397 g/mol. The highest BCUT2D eigenvalue weighted by Gasteiger charge is 2.45. The van der Waals surface area contributed by atoms with Gasteiger partial charge in [0.25, 0.3) is 5.91 Å². The molecule has 5 N–H and O–H groups in total. The van der Waals surface area contributed by atoms with Gasteiger partial charge in [0.15, 0.2) is 0 Å². The molecular formula is C17H27N5O6. The summed E-state index contributed by atoms with van der Waals surface area (Å²) in [5.41, 5.74) is 7.54. The molecule has 3 rings (SSSR count). The van der Waals surface area contributed by atoms with Gasteiger partial charge in [-0.2, -0.15) is 0 Å². The van der Waals surface area contributed by atoms with E-state index in [1.165, 1.54) is 11.8 Å². The van der Waals surface area contributed by atoms with Crippen molar-refractivity contribution in [1.29, 1.82) is 0 Å². The average Bonchev–Trinajstić information content (AvgIpc) is 3.37. The standard InChI is InChI=1S/C17H27N5O6/c1-9(23)13(14(18)24)19-15(25)10-4-2-7-22(10)17(27)11-5-3-6-21(11)12-8-28-20-16(12)26/h9-13,23H,2-8H2,1H3,(H2,18,24)(H,19,25)(H,20,26)/t9-,10?,11+,12+,13+/m1/s1. The van der Waals surface area contributed by atoms with E-state index in [1.54, 1.807) is 0 Å². The summed E-state index contributed by atoms with van der Waals surface area (Å²) in [6, 6.07) is -2.95. The molecule has 4 amide bonds. The Hall–Kier alpha value is -2.24. The first-order valence-corrected chi connectivity index (χ1v) is 9.57. The summed E-state index contributed by atoms with van der Waals surface area (Å²) in [4.78, 5) is 57.6. The summed E-state index contributed by atoms with van der Waals surface area (Å²) in [6.45, 7) is 2.57. The van der Waals surface area contributed by atoms with Crippen LogP contribution in [-0.2, 0) is 24.0 Å². The number of nitrogens with two attached hydrogens (primary N) is 1. The third kappa shape index (κ3) is 3.96. The third-order valence-corrected chi connectivity index (χ3v) is 5.62.